The summed E-state index contributed by atoms with van der Waals surface area (Å²) in [5.74, 6) is 0.104. The summed E-state index contributed by atoms with van der Waals surface area (Å²) in [6, 6.07) is 0. The lowest BCUT2D eigenvalue weighted by atomic mass is 10.5. The highest BCUT2D eigenvalue weighted by Crippen LogP contribution is 1.84. The van der Waals surface area contributed by atoms with Gasteiger partial charge in [-0.25, -0.2) is 14.8 Å². The van der Waals surface area contributed by atoms with Crippen molar-refractivity contribution in [2.45, 2.75) is 0 Å². The SMILES string of the molecule is Cn1c(=O)c2c(n(C)c1=O)=NC(=NCCO)N=2. The Balaban J connectivity index is 2.80. The second kappa shape index (κ2) is 4.06. The van der Waals surface area contributed by atoms with Gasteiger partial charge in [0.1, 0.15) is 0 Å². The number of hydrogen-bond donors (Lipinski definition) is 1. The van der Waals surface area contributed by atoms with Crippen LogP contribution in [0.25, 0.3) is 0 Å². The molecule has 0 aromatic carbocycles. The number of aromatic nitrogens is 2. The van der Waals surface area contributed by atoms with Gasteiger partial charge in [0.05, 0.1) is 13.2 Å². The lowest BCUT2D eigenvalue weighted by Crippen LogP contribution is -2.55. The Morgan fingerprint density at radius 1 is 1.24 bits per heavy atom. The van der Waals surface area contributed by atoms with Crippen LogP contribution in [0.4, 0.5) is 0 Å². The molecule has 0 saturated heterocycles. The number of guanidine groups is 1. The van der Waals surface area contributed by atoms with E-state index < -0.39 is 11.2 Å². The monoisotopic (exact) mass is 237 g/mol. The Morgan fingerprint density at radius 3 is 2.59 bits per heavy atom. The van der Waals surface area contributed by atoms with Gasteiger partial charge in [-0.05, 0) is 0 Å². The van der Waals surface area contributed by atoms with E-state index in [-0.39, 0.29) is 30.0 Å². The van der Waals surface area contributed by atoms with Crippen LogP contribution in [-0.2, 0) is 14.1 Å². The summed E-state index contributed by atoms with van der Waals surface area (Å²) in [6.45, 7) is 0.0341. The third kappa shape index (κ3) is 1.72. The predicted molar refractivity (Wildman–Crippen MR) is 58.6 cm³/mol. The van der Waals surface area contributed by atoms with E-state index in [0.29, 0.717) is 0 Å². The molecule has 8 nitrogen and oxygen atoms in total. The molecule has 17 heavy (non-hydrogen) atoms. The van der Waals surface area contributed by atoms with Crippen molar-refractivity contribution in [2.75, 3.05) is 13.2 Å². The van der Waals surface area contributed by atoms with Crippen LogP contribution in [0, 0.1) is 0 Å². The summed E-state index contributed by atoms with van der Waals surface area (Å²) in [6.07, 6.45) is 0. The molecule has 1 aliphatic heterocycles. The molecular weight excluding hydrogens is 226 g/mol. The first-order valence-corrected chi connectivity index (χ1v) is 4.95. The average Bonchev–Trinajstić information content (AvgIpc) is 2.75. The van der Waals surface area contributed by atoms with Gasteiger partial charge in [0.2, 0.25) is 5.96 Å². The molecule has 0 unspecified atom stereocenters. The van der Waals surface area contributed by atoms with E-state index >= 15 is 0 Å². The number of aliphatic imine (C=N–C) groups is 1. The topological polar surface area (TPSA) is 101 Å². The molecule has 90 valence electrons. The number of rotatable bonds is 2. The largest absolute Gasteiger partial charge is 0.394 e. The minimum absolute atomic E-state index is 0.103. The van der Waals surface area contributed by atoms with Crippen molar-refractivity contribution in [3.63, 3.8) is 0 Å². The molecule has 0 fully saturated rings. The van der Waals surface area contributed by atoms with Crippen molar-refractivity contribution in [3.8, 4) is 0 Å². The first kappa shape index (κ1) is 11.4. The maximum atomic E-state index is 11.7. The standard InChI is InChI=1S/C9H11N5O3/c1-13-6-5(7(16)14(2)9(13)17)11-8(12-6)10-3-4-15/h15H,3-4H2,1-2H3. The first-order valence-electron chi connectivity index (χ1n) is 4.95. The van der Waals surface area contributed by atoms with Gasteiger partial charge in [-0.1, -0.05) is 0 Å². The molecule has 0 radical (unpaired) electrons. The Hall–Kier alpha value is -2.09. The van der Waals surface area contributed by atoms with Gasteiger partial charge >= 0.3 is 5.69 Å². The number of hydrogen-bond acceptors (Lipinski definition) is 4. The van der Waals surface area contributed by atoms with Gasteiger partial charge in [-0.3, -0.25) is 13.9 Å². The predicted octanol–water partition coefficient (Wildman–Crippen LogP) is -3.31. The van der Waals surface area contributed by atoms with Crippen molar-refractivity contribution in [1.82, 2.24) is 9.13 Å². The molecule has 1 aromatic rings. The van der Waals surface area contributed by atoms with Crippen molar-refractivity contribution in [1.29, 1.82) is 0 Å². The van der Waals surface area contributed by atoms with Crippen LogP contribution in [-0.4, -0.2) is 33.4 Å². The highest BCUT2D eigenvalue weighted by molar-refractivity contribution is 5.82. The van der Waals surface area contributed by atoms with Crippen LogP contribution in [0.1, 0.15) is 0 Å². The molecule has 0 saturated carbocycles. The van der Waals surface area contributed by atoms with Gasteiger partial charge in [-0.15, -0.1) is 0 Å². The van der Waals surface area contributed by atoms with Gasteiger partial charge in [0, 0.05) is 14.1 Å². The summed E-state index contributed by atoms with van der Waals surface area (Å²) in [5, 5.41) is 8.73. The molecule has 8 heteroatoms. The third-order valence-electron chi connectivity index (χ3n) is 2.38. The molecule has 0 atom stereocenters. The lowest BCUT2D eigenvalue weighted by molar-refractivity contribution is 0.307. The van der Waals surface area contributed by atoms with Crippen molar-refractivity contribution < 1.29 is 5.11 Å². The lowest BCUT2D eigenvalue weighted by Gasteiger charge is -1.98. The molecule has 0 amide bonds. The van der Waals surface area contributed by atoms with E-state index in [1.54, 1.807) is 0 Å². The van der Waals surface area contributed by atoms with Crippen LogP contribution in [0.2, 0.25) is 0 Å². The smallest absolute Gasteiger partial charge is 0.332 e. The summed E-state index contributed by atoms with van der Waals surface area (Å²) in [4.78, 5) is 35.1. The first-order chi connectivity index (χ1) is 8.06. The zero-order valence-electron chi connectivity index (χ0n) is 9.41. The summed E-state index contributed by atoms with van der Waals surface area (Å²) >= 11 is 0. The number of aliphatic hydroxyl groups is 1. The van der Waals surface area contributed by atoms with Crippen LogP contribution in [0.15, 0.2) is 24.6 Å². The Labute approximate surface area is 94.9 Å². The quantitative estimate of drug-likeness (QED) is 0.582. The van der Waals surface area contributed by atoms with Gasteiger partial charge in [0.15, 0.2) is 10.8 Å². The average molecular weight is 237 g/mol. The normalized spacial score (nSPS) is 15.6. The minimum Gasteiger partial charge on any atom is -0.394 e. The van der Waals surface area contributed by atoms with Gasteiger partial charge in [-0.2, -0.15) is 4.99 Å². The van der Waals surface area contributed by atoms with E-state index in [1.807, 2.05) is 0 Å². The van der Waals surface area contributed by atoms with E-state index in [1.165, 1.54) is 18.7 Å². The van der Waals surface area contributed by atoms with Crippen LogP contribution < -0.4 is 22.1 Å². The summed E-state index contributed by atoms with van der Waals surface area (Å²) in [7, 11) is 2.89. The summed E-state index contributed by atoms with van der Waals surface area (Å²) in [5.41, 5.74) is -0.757. The molecule has 0 aliphatic carbocycles. The minimum atomic E-state index is -0.499. The summed E-state index contributed by atoms with van der Waals surface area (Å²) < 4.78 is 2.20. The van der Waals surface area contributed by atoms with Crippen LogP contribution in [0.5, 0.6) is 0 Å². The van der Waals surface area contributed by atoms with Crippen molar-refractivity contribution >= 4 is 5.96 Å². The fourth-order valence-electron chi connectivity index (χ4n) is 1.48. The molecule has 1 N–H and O–H groups in total. The molecule has 2 heterocycles. The highest BCUT2D eigenvalue weighted by Gasteiger charge is 2.13. The van der Waals surface area contributed by atoms with Gasteiger partial charge < -0.3 is 5.11 Å². The zero-order chi connectivity index (χ0) is 12.6. The van der Waals surface area contributed by atoms with E-state index in [2.05, 4.69) is 15.0 Å². The second-order valence-electron chi connectivity index (χ2n) is 3.51. The maximum Gasteiger partial charge on any atom is 0.332 e. The van der Waals surface area contributed by atoms with E-state index in [9.17, 15) is 9.59 Å². The second-order valence-corrected chi connectivity index (χ2v) is 3.51. The fraction of sp³-hybridized carbons (Fsp3) is 0.444. The highest BCUT2D eigenvalue weighted by atomic mass is 16.3. The molecule has 2 rings (SSSR count). The molecule has 1 aromatic heterocycles. The number of nitrogens with zero attached hydrogens (tertiary/aromatic N) is 5. The number of aliphatic hydroxyl groups excluding tert-OH is 1. The fourth-order valence-corrected chi connectivity index (χ4v) is 1.48. The molecule has 0 spiro atoms. The van der Waals surface area contributed by atoms with E-state index in [0.717, 1.165) is 4.57 Å². The van der Waals surface area contributed by atoms with Crippen LogP contribution in [0.3, 0.4) is 0 Å². The van der Waals surface area contributed by atoms with E-state index in [4.69, 9.17) is 5.11 Å². The Morgan fingerprint density at radius 2 is 1.94 bits per heavy atom. The maximum absolute atomic E-state index is 11.7. The molecular formula is C9H11N5O3. The Kier molecular flexibility index (Phi) is 2.72. The van der Waals surface area contributed by atoms with Crippen molar-refractivity contribution in [2.24, 2.45) is 29.1 Å². The zero-order valence-corrected chi connectivity index (χ0v) is 9.41. The third-order valence-corrected chi connectivity index (χ3v) is 2.38. The van der Waals surface area contributed by atoms with Crippen LogP contribution >= 0.6 is 0 Å². The van der Waals surface area contributed by atoms with Crippen molar-refractivity contribution in [3.05, 3.63) is 31.7 Å². The Bertz CT molecular complexity index is 725. The molecule has 0 bridgehead atoms. The molecule has 1 aliphatic rings. The number of fused-ring (bicyclic) bond motifs is 1. The van der Waals surface area contributed by atoms with Gasteiger partial charge in [0.25, 0.3) is 5.56 Å².